The predicted octanol–water partition coefficient (Wildman–Crippen LogP) is 5.28. The lowest BCUT2D eigenvalue weighted by Gasteiger charge is -2.13. The molecule has 162 valence electrons. The van der Waals surface area contributed by atoms with Gasteiger partial charge in [0.2, 0.25) is 0 Å². The zero-order valence-electron chi connectivity index (χ0n) is 18.5. The van der Waals surface area contributed by atoms with Crippen molar-refractivity contribution in [2.45, 2.75) is 90.4 Å². The van der Waals surface area contributed by atoms with Crippen molar-refractivity contribution in [2.75, 3.05) is 18.8 Å². The summed E-state index contributed by atoms with van der Waals surface area (Å²) in [4.78, 5) is 4.82. The highest BCUT2D eigenvalue weighted by Crippen LogP contribution is 2.27. The molecule has 0 saturated heterocycles. The molecule has 1 heterocycles. The van der Waals surface area contributed by atoms with Crippen LogP contribution in [0.5, 0.6) is 0 Å². The lowest BCUT2D eigenvalue weighted by Crippen LogP contribution is -2.02. The van der Waals surface area contributed by atoms with Crippen molar-refractivity contribution in [3.8, 4) is 0 Å². The molecule has 0 bridgehead atoms. The van der Waals surface area contributed by atoms with Crippen molar-refractivity contribution in [3.63, 3.8) is 0 Å². The summed E-state index contributed by atoms with van der Waals surface area (Å²) in [7, 11) is 0. The van der Waals surface area contributed by atoms with Crippen LogP contribution in [0.15, 0.2) is 18.2 Å². The quantitative estimate of drug-likeness (QED) is 0.356. The summed E-state index contributed by atoms with van der Waals surface area (Å²) in [5, 5.41) is 1.29. The topological polar surface area (TPSA) is 91.0 Å². The van der Waals surface area contributed by atoms with E-state index in [4.69, 9.17) is 22.2 Å². The Morgan fingerprint density at radius 3 is 1.97 bits per heavy atom. The number of hydrogen-bond donors (Lipinski definition) is 3. The monoisotopic (exact) mass is 398 g/mol. The van der Waals surface area contributed by atoms with E-state index in [0.29, 0.717) is 5.82 Å². The third-order valence-electron chi connectivity index (χ3n) is 5.81. The highest BCUT2D eigenvalue weighted by atomic mass is 14.8. The lowest BCUT2D eigenvalue weighted by atomic mass is 9.95. The van der Waals surface area contributed by atoms with Crippen molar-refractivity contribution < 1.29 is 0 Å². The summed E-state index contributed by atoms with van der Waals surface area (Å²) >= 11 is 0. The van der Waals surface area contributed by atoms with Gasteiger partial charge in [-0.1, -0.05) is 45.1 Å². The number of aryl methyl sites for hydroxylation is 3. The molecule has 0 atom stereocenters. The molecular formula is C25H42N4. The van der Waals surface area contributed by atoms with E-state index >= 15 is 0 Å². The van der Waals surface area contributed by atoms with E-state index in [0.717, 1.165) is 50.7 Å². The van der Waals surface area contributed by atoms with Gasteiger partial charge in [-0.05, 0) is 93.3 Å². The average molecular weight is 399 g/mol. The second-order valence-corrected chi connectivity index (χ2v) is 8.36. The second-order valence-electron chi connectivity index (χ2n) is 8.36. The van der Waals surface area contributed by atoms with Crippen LogP contribution in [0.3, 0.4) is 0 Å². The number of pyridine rings is 1. The summed E-state index contributed by atoms with van der Waals surface area (Å²) in [6, 6.07) is 6.98. The Morgan fingerprint density at radius 2 is 1.31 bits per heavy atom. The maximum atomic E-state index is 6.34. The molecule has 2 rings (SSSR count). The largest absolute Gasteiger partial charge is 0.383 e. The molecule has 0 saturated carbocycles. The normalized spacial score (nSPS) is 11.4. The third-order valence-corrected chi connectivity index (χ3v) is 5.81. The fraction of sp³-hybridized carbons (Fsp3) is 0.640. The first-order valence-corrected chi connectivity index (χ1v) is 11.8. The first-order valence-electron chi connectivity index (χ1n) is 11.8. The molecule has 1 aromatic carbocycles. The molecule has 0 aliphatic carbocycles. The van der Waals surface area contributed by atoms with Gasteiger partial charge in [0.1, 0.15) is 5.82 Å². The van der Waals surface area contributed by atoms with Crippen LogP contribution >= 0.6 is 0 Å². The predicted molar refractivity (Wildman–Crippen MR) is 127 cm³/mol. The molecule has 0 unspecified atom stereocenters. The fourth-order valence-electron chi connectivity index (χ4n) is 4.05. The molecule has 1 aromatic heterocycles. The Hall–Kier alpha value is -1.65. The van der Waals surface area contributed by atoms with Crippen LogP contribution in [0.25, 0.3) is 10.9 Å². The molecule has 6 N–H and O–H groups in total. The van der Waals surface area contributed by atoms with Gasteiger partial charge >= 0.3 is 0 Å². The number of anilines is 1. The number of aromatic nitrogens is 1. The van der Waals surface area contributed by atoms with Gasteiger partial charge in [0, 0.05) is 5.39 Å². The number of nitrogen functional groups attached to an aromatic ring is 1. The number of benzene rings is 1. The van der Waals surface area contributed by atoms with Gasteiger partial charge < -0.3 is 17.2 Å². The smallest absolute Gasteiger partial charge is 0.127 e. The summed E-state index contributed by atoms with van der Waals surface area (Å²) in [5.74, 6) is 0.711. The van der Waals surface area contributed by atoms with Crippen molar-refractivity contribution in [3.05, 3.63) is 34.9 Å². The van der Waals surface area contributed by atoms with Gasteiger partial charge in [-0.3, -0.25) is 0 Å². The van der Waals surface area contributed by atoms with Crippen LogP contribution in [0.4, 0.5) is 5.82 Å². The average Bonchev–Trinajstić information content (AvgIpc) is 2.72. The zero-order valence-corrected chi connectivity index (χ0v) is 18.5. The Bertz CT molecular complexity index is 726. The van der Waals surface area contributed by atoms with Crippen molar-refractivity contribution in [1.29, 1.82) is 0 Å². The van der Waals surface area contributed by atoms with Crippen LogP contribution in [-0.2, 0) is 19.3 Å². The van der Waals surface area contributed by atoms with Crippen LogP contribution in [0, 0.1) is 0 Å². The number of nitrogens with zero attached hydrogens (tertiary/aromatic N) is 1. The van der Waals surface area contributed by atoms with Gasteiger partial charge in [0.05, 0.1) is 5.52 Å². The summed E-state index contributed by atoms with van der Waals surface area (Å²) in [6.45, 7) is 3.81. The van der Waals surface area contributed by atoms with Gasteiger partial charge in [-0.25, -0.2) is 4.98 Å². The Balaban J connectivity index is 2.22. The summed E-state index contributed by atoms with van der Waals surface area (Å²) in [5.41, 5.74) is 22.7. The van der Waals surface area contributed by atoms with E-state index in [-0.39, 0.29) is 0 Å². The lowest BCUT2D eigenvalue weighted by molar-refractivity contribution is 0.667. The van der Waals surface area contributed by atoms with Crippen LogP contribution in [0.1, 0.15) is 87.8 Å². The Morgan fingerprint density at radius 1 is 0.690 bits per heavy atom. The number of nitrogens with two attached hydrogens (primary N) is 3. The Labute approximate surface area is 177 Å². The Kier molecular flexibility index (Phi) is 11.0. The standard InChI is InChI=1S/C25H42N4/c1-2-3-4-8-14-22-19-23-21(13-9-6-11-16-27)17-20(12-7-5-10-15-26)18-24(23)29-25(22)28/h17-19H,2-16,26-27H2,1H3,(H2,28,29). The number of fused-ring (bicyclic) bond motifs is 1. The number of rotatable bonds is 15. The minimum absolute atomic E-state index is 0.711. The van der Waals surface area contributed by atoms with Crippen LogP contribution < -0.4 is 17.2 Å². The van der Waals surface area contributed by atoms with Crippen molar-refractivity contribution >= 4 is 16.7 Å². The SMILES string of the molecule is CCCCCCc1cc2c(CCCCCN)cc(CCCCCN)cc2nc1N. The summed E-state index contributed by atoms with van der Waals surface area (Å²) in [6.07, 6.45) is 15.2. The molecule has 0 fully saturated rings. The highest BCUT2D eigenvalue weighted by Gasteiger charge is 2.10. The van der Waals surface area contributed by atoms with Crippen LogP contribution in [-0.4, -0.2) is 18.1 Å². The van der Waals surface area contributed by atoms with Crippen LogP contribution in [0.2, 0.25) is 0 Å². The molecule has 0 aliphatic heterocycles. The van der Waals surface area contributed by atoms with Gasteiger partial charge in [0.15, 0.2) is 0 Å². The van der Waals surface area contributed by atoms with Crippen molar-refractivity contribution in [1.82, 2.24) is 4.98 Å². The first kappa shape index (κ1) is 23.6. The molecule has 0 aliphatic rings. The maximum absolute atomic E-state index is 6.34. The van der Waals surface area contributed by atoms with E-state index < -0.39 is 0 Å². The van der Waals surface area contributed by atoms with E-state index in [1.54, 1.807) is 0 Å². The number of unbranched alkanes of at least 4 members (excludes halogenated alkanes) is 7. The van der Waals surface area contributed by atoms with E-state index in [2.05, 4.69) is 25.1 Å². The molecule has 4 heteroatoms. The van der Waals surface area contributed by atoms with E-state index in [9.17, 15) is 0 Å². The third kappa shape index (κ3) is 7.94. The molecule has 0 amide bonds. The van der Waals surface area contributed by atoms with Gasteiger partial charge in [-0.15, -0.1) is 0 Å². The molecule has 0 spiro atoms. The highest BCUT2D eigenvalue weighted by molar-refractivity contribution is 5.85. The fourth-order valence-corrected chi connectivity index (χ4v) is 4.05. The molecule has 0 radical (unpaired) electrons. The minimum atomic E-state index is 0.711. The van der Waals surface area contributed by atoms with Gasteiger partial charge in [-0.2, -0.15) is 0 Å². The maximum Gasteiger partial charge on any atom is 0.127 e. The minimum Gasteiger partial charge on any atom is -0.383 e. The summed E-state index contributed by atoms with van der Waals surface area (Å²) < 4.78 is 0. The number of hydrogen-bond acceptors (Lipinski definition) is 4. The molecule has 29 heavy (non-hydrogen) atoms. The zero-order chi connectivity index (χ0) is 20.9. The molecular weight excluding hydrogens is 356 g/mol. The van der Waals surface area contributed by atoms with E-state index in [1.165, 1.54) is 73.4 Å². The van der Waals surface area contributed by atoms with E-state index in [1.807, 2.05) is 0 Å². The molecule has 4 nitrogen and oxygen atoms in total. The second kappa shape index (κ2) is 13.6. The molecule has 2 aromatic rings. The van der Waals surface area contributed by atoms with Crippen molar-refractivity contribution in [2.24, 2.45) is 11.5 Å². The first-order chi connectivity index (χ1) is 14.2. The van der Waals surface area contributed by atoms with Gasteiger partial charge in [0.25, 0.3) is 0 Å².